The summed E-state index contributed by atoms with van der Waals surface area (Å²) < 4.78 is 0. The van der Waals surface area contributed by atoms with Crippen LogP contribution in [0.1, 0.15) is 64.7 Å². The molecule has 2 aliphatic carbocycles. The maximum Gasteiger partial charge on any atom is 0.0104 e. The Labute approximate surface area is 120 Å². The summed E-state index contributed by atoms with van der Waals surface area (Å²) in [4.78, 5) is 2.41. The number of hydrogen-bond donors (Lipinski definition) is 1. The third-order valence-electron chi connectivity index (χ3n) is 5.51. The fourth-order valence-electron chi connectivity index (χ4n) is 4.14. The molecule has 2 nitrogen and oxygen atoms in total. The van der Waals surface area contributed by atoms with Crippen LogP contribution in [0.5, 0.6) is 0 Å². The Morgan fingerprint density at radius 1 is 0.947 bits per heavy atom. The topological polar surface area (TPSA) is 15.3 Å². The molecule has 0 saturated heterocycles. The van der Waals surface area contributed by atoms with Gasteiger partial charge in [-0.2, -0.15) is 0 Å². The summed E-state index contributed by atoms with van der Waals surface area (Å²) in [6.45, 7) is 5.78. The second-order valence-electron chi connectivity index (χ2n) is 6.80. The van der Waals surface area contributed by atoms with Crippen LogP contribution in [-0.4, -0.2) is 37.6 Å². The quantitative estimate of drug-likeness (QED) is 0.789. The minimum absolute atomic E-state index is 0.821. The van der Waals surface area contributed by atoms with E-state index in [-0.39, 0.29) is 0 Å². The van der Waals surface area contributed by atoms with Crippen LogP contribution in [0.15, 0.2) is 0 Å². The minimum Gasteiger partial charge on any atom is -0.312 e. The van der Waals surface area contributed by atoms with E-state index in [4.69, 9.17) is 0 Å². The Kier molecular flexibility index (Phi) is 6.66. The standard InChI is InChI=1S/C17H34N2/c1-3-19(2)14-13-18-17-12-8-7-11-16(17)15-9-5-4-6-10-15/h15-18H,3-14H2,1-2H3. The molecule has 2 unspecified atom stereocenters. The van der Waals surface area contributed by atoms with Gasteiger partial charge in [-0.25, -0.2) is 0 Å². The van der Waals surface area contributed by atoms with Gasteiger partial charge in [-0.05, 0) is 38.3 Å². The molecule has 112 valence electrons. The van der Waals surface area contributed by atoms with Crippen molar-refractivity contribution in [3.05, 3.63) is 0 Å². The summed E-state index contributed by atoms with van der Waals surface area (Å²) in [7, 11) is 2.22. The number of nitrogens with zero attached hydrogens (tertiary/aromatic N) is 1. The molecule has 0 aromatic heterocycles. The minimum atomic E-state index is 0.821. The normalized spacial score (nSPS) is 29.8. The van der Waals surface area contributed by atoms with Crippen molar-refractivity contribution in [2.45, 2.75) is 70.8 Å². The maximum absolute atomic E-state index is 3.89. The Bertz CT molecular complexity index is 235. The van der Waals surface area contributed by atoms with Crippen LogP contribution in [-0.2, 0) is 0 Å². The third-order valence-corrected chi connectivity index (χ3v) is 5.51. The molecule has 0 bridgehead atoms. The Hall–Kier alpha value is -0.0800. The summed E-state index contributed by atoms with van der Waals surface area (Å²) >= 11 is 0. The number of hydrogen-bond acceptors (Lipinski definition) is 2. The van der Waals surface area contributed by atoms with Gasteiger partial charge in [0, 0.05) is 19.1 Å². The van der Waals surface area contributed by atoms with Crippen molar-refractivity contribution in [3.63, 3.8) is 0 Å². The summed E-state index contributed by atoms with van der Waals surface area (Å²) in [6, 6.07) is 0.821. The molecule has 2 atom stereocenters. The van der Waals surface area contributed by atoms with Gasteiger partial charge in [0.25, 0.3) is 0 Å². The van der Waals surface area contributed by atoms with Crippen LogP contribution in [0, 0.1) is 11.8 Å². The average molecular weight is 266 g/mol. The van der Waals surface area contributed by atoms with Crippen molar-refractivity contribution in [3.8, 4) is 0 Å². The molecule has 2 saturated carbocycles. The van der Waals surface area contributed by atoms with E-state index < -0.39 is 0 Å². The van der Waals surface area contributed by atoms with Gasteiger partial charge in [0.15, 0.2) is 0 Å². The predicted octanol–water partition coefficient (Wildman–Crippen LogP) is 3.67. The van der Waals surface area contributed by atoms with E-state index in [1.807, 2.05) is 0 Å². The van der Waals surface area contributed by atoms with Gasteiger partial charge in [-0.3, -0.25) is 0 Å². The second kappa shape index (κ2) is 8.26. The first-order chi connectivity index (χ1) is 9.31. The van der Waals surface area contributed by atoms with Gasteiger partial charge in [-0.1, -0.05) is 51.9 Å². The molecule has 0 heterocycles. The summed E-state index contributed by atoms with van der Waals surface area (Å²) in [5, 5.41) is 3.89. The molecule has 0 aliphatic heterocycles. The van der Waals surface area contributed by atoms with Crippen molar-refractivity contribution in [1.29, 1.82) is 0 Å². The van der Waals surface area contributed by atoms with Crippen molar-refractivity contribution in [1.82, 2.24) is 10.2 Å². The zero-order valence-electron chi connectivity index (χ0n) is 13.2. The van der Waals surface area contributed by atoms with E-state index in [1.54, 1.807) is 0 Å². The number of nitrogens with one attached hydrogen (secondary N) is 1. The van der Waals surface area contributed by atoms with Crippen LogP contribution in [0.25, 0.3) is 0 Å². The molecular weight excluding hydrogens is 232 g/mol. The molecule has 2 rings (SSSR count). The second-order valence-corrected chi connectivity index (χ2v) is 6.80. The SMILES string of the molecule is CCN(C)CCNC1CCCCC1C1CCCCC1. The van der Waals surface area contributed by atoms with Crippen LogP contribution in [0.4, 0.5) is 0 Å². The molecule has 0 aromatic rings. The first-order valence-corrected chi connectivity index (χ1v) is 8.73. The highest BCUT2D eigenvalue weighted by Gasteiger charge is 2.31. The third kappa shape index (κ3) is 4.75. The van der Waals surface area contributed by atoms with E-state index in [1.165, 1.54) is 77.4 Å². The van der Waals surface area contributed by atoms with Crippen molar-refractivity contribution < 1.29 is 0 Å². The molecule has 2 heteroatoms. The van der Waals surface area contributed by atoms with Gasteiger partial charge in [0.1, 0.15) is 0 Å². The van der Waals surface area contributed by atoms with Crippen molar-refractivity contribution in [2.24, 2.45) is 11.8 Å². The van der Waals surface area contributed by atoms with E-state index in [0.29, 0.717) is 0 Å². The molecule has 19 heavy (non-hydrogen) atoms. The average Bonchev–Trinajstić information content (AvgIpc) is 2.48. The van der Waals surface area contributed by atoms with Crippen molar-refractivity contribution in [2.75, 3.05) is 26.7 Å². The van der Waals surface area contributed by atoms with Gasteiger partial charge < -0.3 is 10.2 Å². The molecule has 2 aliphatic rings. The largest absolute Gasteiger partial charge is 0.312 e. The Morgan fingerprint density at radius 3 is 2.37 bits per heavy atom. The van der Waals surface area contributed by atoms with Crippen LogP contribution in [0.2, 0.25) is 0 Å². The first kappa shape index (κ1) is 15.3. The maximum atomic E-state index is 3.89. The zero-order chi connectivity index (χ0) is 13.5. The molecule has 1 N–H and O–H groups in total. The van der Waals surface area contributed by atoms with E-state index in [2.05, 4.69) is 24.2 Å². The van der Waals surface area contributed by atoms with Gasteiger partial charge in [0.2, 0.25) is 0 Å². The predicted molar refractivity (Wildman–Crippen MR) is 83.5 cm³/mol. The lowest BCUT2D eigenvalue weighted by molar-refractivity contribution is 0.148. The molecular formula is C17H34N2. The summed E-state index contributed by atoms with van der Waals surface area (Å²) in [5.41, 5.74) is 0. The molecule has 0 radical (unpaired) electrons. The lowest BCUT2D eigenvalue weighted by atomic mass is 9.71. The Balaban J connectivity index is 1.78. The fourth-order valence-corrected chi connectivity index (χ4v) is 4.14. The molecule has 2 fully saturated rings. The lowest BCUT2D eigenvalue weighted by Gasteiger charge is -2.39. The van der Waals surface area contributed by atoms with Gasteiger partial charge in [-0.15, -0.1) is 0 Å². The summed E-state index contributed by atoms with van der Waals surface area (Å²) in [5.74, 6) is 2.02. The highest BCUT2D eigenvalue weighted by molar-refractivity contribution is 4.87. The molecule has 0 spiro atoms. The van der Waals surface area contributed by atoms with Crippen LogP contribution in [0.3, 0.4) is 0 Å². The van der Waals surface area contributed by atoms with Gasteiger partial charge >= 0.3 is 0 Å². The molecule has 0 aromatic carbocycles. The lowest BCUT2D eigenvalue weighted by Crippen LogP contribution is -2.44. The van der Waals surface area contributed by atoms with Crippen LogP contribution < -0.4 is 5.32 Å². The number of likely N-dealkylation sites (N-methyl/N-ethyl adjacent to an activating group) is 1. The summed E-state index contributed by atoms with van der Waals surface area (Å²) in [6.07, 6.45) is 13.3. The zero-order valence-corrected chi connectivity index (χ0v) is 13.2. The van der Waals surface area contributed by atoms with E-state index >= 15 is 0 Å². The first-order valence-electron chi connectivity index (χ1n) is 8.73. The van der Waals surface area contributed by atoms with Gasteiger partial charge in [0.05, 0.1) is 0 Å². The highest BCUT2D eigenvalue weighted by atomic mass is 15.1. The van der Waals surface area contributed by atoms with Crippen molar-refractivity contribution >= 4 is 0 Å². The molecule has 0 amide bonds. The number of rotatable bonds is 6. The highest BCUT2D eigenvalue weighted by Crippen LogP contribution is 2.38. The van der Waals surface area contributed by atoms with Crippen LogP contribution >= 0.6 is 0 Å². The van der Waals surface area contributed by atoms with E-state index in [9.17, 15) is 0 Å². The monoisotopic (exact) mass is 266 g/mol. The van der Waals surface area contributed by atoms with E-state index in [0.717, 1.165) is 17.9 Å². The Morgan fingerprint density at radius 2 is 1.63 bits per heavy atom. The smallest absolute Gasteiger partial charge is 0.0104 e. The fraction of sp³-hybridized carbons (Fsp3) is 1.00.